The van der Waals surface area contributed by atoms with Crippen LogP contribution in [0.3, 0.4) is 0 Å². The van der Waals surface area contributed by atoms with Gasteiger partial charge in [0, 0.05) is 82.7 Å². The van der Waals surface area contributed by atoms with Crippen molar-refractivity contribution in [3.63, 3.8) is 0 Å². The smallest absolute Gasteiger partial charge is 0.164 e. The molecule has 5 aromatic heterocycles. The number of benzene rings is 17. The van der Waals surface area contributed by atoms with Crippen molar-refractivity contribution in [1.29, 1.82) is 0 Å². The van der Waals surface area contributed by atoms with Crippen molar-refractivity contribution in [1.82, 2.24) is 34.9 Å². The van der Waals surface area contributed by atoms with Gasteiger partial charge in [0.05, 0.1) is 66.4 Å². The van der Waals surface area contributed by atoms with E-state index < -0.39 is 10.8 Å². The van der Waals surface area contributed by atoms with E-state index in [1.807, 2.05) is 78.9 Å². The lowest BCUT2D eigenvalue weighted by Gasteiger charge is -2.40. The first-order valence-electron chi connectivity index (χ1n) is 42.1. The van der Waals surface area contributed by atoms with Crippen LogP contribution in [0.15, 0.2) is 419 Å². The van der Waals surface area contributed by atoms with Crippen LogP contribution in [0, 0.1) is 0 Å². The molecule has 0 radical (unpaired) electrons. The molecule has 2 aliphatic heterocycles. The van der Waals surface area contributed by atoms with Crippen LogP contribution in [0.5, 0.6) is 23.0 Å². The molecule has 124 heavy (non-hydrogen) atoms. The summed E-state index contributed by atoms with van der Waals surface area (Å²) in [6.45, 7) is 0. The zero-order valence-corrected chi connectivity index (χ0v) is 66.8. The van der Waals surface area contributed by atoms with E-state index in [1.54, 1.807) is 0 Å². The molecule has 0 unspecified atom stereocenters. The first-order valence-corrected chi connectivity index (χ1v) is 42.1. The number of fused-ring (bicyclic) bond motifs is 29. The number of pyridine rings is 4. The summed E-state index contributed by atoms with van der Waals surface area (Å²) in [5.74, 6) is 5.31. The quantitative estimate of drug-likeness (QED) is 0.137. The van der Waals surface area contributed by atoms with Crippen molar-refractivity contribution in [2.75, 3.05) is 0 Å². The number of nitrogens with zero attached hydrogens (tertiary/aromatic N) is 7. The number of aromatic nitrogens is 7. The third kappa shape index (κ3) is 10.8. The summed E-state index contributed by atoms with van der Waals surface area (Å²) in [6, 6.07) is 148. The second-order valence-electron chi connectivity index (χ2n) is 32.3. The molecule has 0 saturated heterocycles. The Bertz CT molecular complexity index is 8020. The average Bonchev–Trinajstić information content (AvgIpc) is 1.42. The zero-order chi connectivity index (χ0) is 81.6. The van der Waals surface area contributed by atoms with Gasteiger partial charge in [-0.15, -0.1) is 0 Å². The van der Waals surface area contributed by atoms with E-state index >= 15 is 0 Å². The van der Waals surface area contributed by atoms with Crippen LogP contribution < -0.4 is 9.47 Å². The molecule has 9 nitrogen and oxygen atoms in total. The van der Waals surface area contributed by atoms with Crippen LogP contribution >= 0.6 is 0 Å². The molecular weight excluding hydrogens is 1510 g/mol. The van der Waals surface area contributed by atoms with Crippen molar-refractivity contribution in [3.8, 4) is 136 Å². The molecule has 0 saturated carbocycles. The number of rotatable bonds is 8. The highest BCUT2D eigenvalue weighted by Crippen LogP contribution is 2.66. The van der Waals surface area contributed by atoms with E-state index in [0.29, 0.717) is 17.5 Å². The van der Waals surface area contributed by atoms with Crippen LogP contribution in [-0.2, 0) is 10.8 Å². The summed E-state index contributed by atoms with van der Waals surface area (Å²) in [7, 11) is 0. The van der Waals surface area contributed by atoms with E-state index in [2.05, 4.69) is 340 Å². The van der Waals surface area contributed by atoms with Gasteiger partial charge in [-0.3, -0.25) is 0 Å². The predicted octanol–water partition coefficient (Wildman–Crippen LogP) is 28.3. The Balaban J connectivity index is 0.000000136. The van der Waals surface area contributed by atoms with Gasteiger partial charge in [0.2, 0.25) is 0 Å². The molecule has 0 bridgehead atoms. The van der Waals surface area contributed by atoms with E-state index in [-0.39, 0.29) is 0 Å². The molecule has 26 rings (SSSR count). The van der Waals surface area contributed by atoms with Crippen LogP contribution in [0.2, 0.25) is 0 Å². The first kappa shape index (κ1) is 70.5. The second kappa shape index (κ2) is 28.1. The first-order chi connectivity index (χ1) is 61.5. The maximum atomic E-state index is 7.17. The summed E-state index contributed by atoms with van der Waals surface area (Å²) in [5.41, 5.74) is 29.7. The van der Waals surface area contributed by atoms with Crippen molar-refractivity contribution < 1.29 is 9.47 Å². The highest BCUT2D eigenvalue weighted by atomic mass is 16.5. The third-order valence-corrected chi connectivity index (χ3v) is 25.7. The monoisotopic (exact) mass is 1580 g/mol. The molecular formula is C115H69N7O2. The molecule has 0 atom stereocenters. The minimum Gasteiger partial charge on any atom is -0.456 e. The summed E-state index contributed by atoms with van der Waals surface area (Å²) in [6.07, 6.45) is 0. The molecule has 4 aliphatic rings. The fourth-order valence-corrected chi connectivity index (χ4v) is 20.2. The summed E-state index contributed by atoms with van der Waals surface area (Å²) in [5, 5.41) is 8.43. The van der Waals surface area contributed by atoms with Crippen LogP contribution in [0.4, 0.5) is 0 Å². The van der Waals surface area contributed by atoms with Gasteiger partial charge in [0.25, 0.3) is 0 Å². The SMILES string of the molecule is c1ccc(-c2ccc3ccc4ccc(-c5ccc6c(c5)nc(-c5ccccc5)c5c7c(ccc56)C5(c6ccccc6O7)c6ccccc6-c6ccccc65)nc4c3n2)cc1.c1ccc(-c2nc(-c3ccccc3)nc(-c3ccc(-c4ccc5c(c4)nc(-c4ccccc4)c4c6c(ccc45)C4(c5ccccc5O6)c5ccccc5-c5ccccc54)cc3)n2)cc1. The summed E-state index contributed by atoms with van der Waals surface area (Å²) in [4.78, 5) is 36.4. The maximum absolute atomic E-state index is 7.17. The second-order valence-corrected chi connectivity index (χ2v) is 32.3. The average molecular weight is 1580 g/mol. The molecule has 17 aromatic carbocycles. The Kier molecular flexibility index (Phi) is 16.0. The molecule has 9 heteroatoms. The number of hydrogen-bond donors (Lipinski definition) is 0. The van der Waals surface area contributed by atoms with E-state index in [1.165, 1.54) is 44.5 Å². The van der Waals surface area contributed by atoms with Crippen LogP contribution in [-0.4, -0.2) is 34.9 Å². The van der Waals surface area contributed by atoms with Gasteiger partial charge in [-0.25, -0.2) is 34.9 Å². The zero-order valence-electron chi connectivity index (χ0n) is 66.8. The van der Waals surface area contributed by atoms with Gasteiger partial charge in [0.1, 0.15) is 23.0 Å². The molecule has 2 aliphatic carbocycles. The molecule has 7 heterocycles. The van der Waals surface area contributed by atoms with Crippen molar-refractivity contribution >= 4 is 65.2 Å². The minimum atomic E-state index is -0.571. The standard InChI is InChI=1S/C59H36N4O.C56H33N3O/c1-4-16-38(17-5-1)54-53-46(34-35-50-55(53)64-52-27-15-14-26-49(52)59(50)47-24-12-10-22-43(47)44-23-11-13-25-48(44)59)45-33-32-42(36-51(45)60-54)37-28-30-41(31-29-37)58-62-56(39-18-6-2-7-19-39)61-57(63-58)40-20-8-3-9-21-40;1-3-13-34(14-4-1)47-31-26-36-23-24-37-27-32-48(58-54(37)53(36)57-47)38-25-28-41-42-29-30-46-55(51(42)52(59-49(41)33-38)35-15-5-2-6-16-35)60-50-22-12-11-21-45(50)56(46)43-19-9-7-17-39(43)40-18-8-10-20-44(40)56/h1-36H;1-33H. The lowest BCUT2D eigenvalue weighted by atomic mass is 9.65. The van der Waals surface area contributed by atoms with Gasteiger partial charge in [0.15, 0.2) is 17.5 Å². The van der Waals surface area contributed by atoms with Gasteiger partial charge < -0.3 is 9.47 Å². The van der Waals surface area contributed by atoms with Crippen molar-refractivity contribution in [3.05, 3.63) is 463 Å². The fourth-order valence-electron chi connectivity index (χ4n) is 20.2. The Labute approximate surface area is 714 Å². The topological polar surface area (TPSA) is 109 Å². The molecule has 2 spiro atoms. The summed E-state index contributed by atoms with van der Waals surface area (Å²) >= 11 is 0. The number of para-hydroxylation sites is 2. The van der Waals surface area contributed by atoms with Crippen molar-refractivity contribution in [2.45, 2.75) is 10.8 Å². The predicted molar refractivity (Wildman–Crippen MR) is 501 cm³/mol. The van der Waals surface area contributed by atoms with Gasteiger partial charge in [-0.2, -0.15) is 0 Å². The Morgan fingerprint density at radius 3 is 0.919 bits per heavy atom. The maximum Gasteiger partial charge on any atom is 0.164 e. The fraction of sp³-hybridized carbons (Fsp3) is 0.0174. The highest BCUT2D eigenvalue weighted by Gasteiger charge is 2.53. The molecule has 576 valence electrons. The highest BCUT2D eigenvalue weighted by molar-refractivity contribution is 6.17. The molecule has 0 fully saturated rings. The molecule has 0 N–H and O–H groups in total. The van der Waals surface area contributed by atoms with Gasteiger partial charge >= 0.3 is 0 Å². The Morgan fingerprint density at radius 1 is 0.194 bits per heavy atom. The number of ether oxygens (including phenoxy) is 2. The minimum absolute atomic E-state index is 0.568. The molecule has 22 aromatic rings. The summed E-state index contributed by atoms with van der Waals surface area (Å²) < 4.78 is 14.3. The lowest BCUT2D eigenvalue weighted by molar-refractivity contribution is 0.441. The van der Waals surface area contributed by atoms with E-state index in [0.717, 1.165) is 183 Å². The Hall–Kier alpha value is -16.5. The van der Waals surface area contributed by atoms with Crippen LogP contribution in [0.1, 0.15) is 44.5 Å². The Morgan fingerprint density at radius 2 is 0.500 bits per heavy atom. The molecule has 0 amide bonds. The largest absolute Gasteiger partial charge is 0.456 e. The third-order valence-electron chi connectivity index (χ3n) is 25.7. The van der Waals surface area contributed by atoms with Gasteiger partial charge in [-0.1, -0.05) is 382 Å². The van der Waals surface area contributed by atoms with Gasteiger partial charge in [-0.05, 0) is 103 Å². The van der Waals surface area contributed by atoms with Crippen LogP contribution in [0.25, 0.3) is 178 Å². The van der Waals surface area contributed by atoms with E-state index in [9.17, 15) is 0 Å². The van der Waals surface area contributed by atoms with Crippen molar-refractivity contribution in [2.24, 2.45) is 0 Å². The lowest BCUT2D eigenvalue weighted by Crippen LogP contribution is -2.32. The number of hydrogen-bond acceptors (Lipinski definition) is 9. The van der Waals surface area contributed by atoms with E-state index in [4.69, 9.17) is 44.4 Å². The normalized spacial score (nSPS) is 13.1.